The number of halogens is 3. The molecule has 0 bridgehead atoms. The molecule has 106 valence electrons. The standard InChI is InChI=1S/C14H14F3N3/c1-2-7-18-14-19-11(8-12(20-14)13(16)17)9-3-5-10(15)6-4-9/h3-6,8,13H,2,7H2,1H3,(H,18,19,20). The van der Waals surface area contributed by atoms with Crippen molar-refractivity contribution >= 4 is 5.95 Å². The van der Waals surface area contributed by atoms with Gasteiger partial charge in [-0.25, -0.2) is 23.1 Å². The lowest BCUT2D eigenvalue weighted by Crippen LogP contribution is -2.07. The zero-order valence-corrected chi connectivity index (χ0v) is 10.9. The Bertz CT molecular complexity index is 570. The Kier molecular flexibility index (Phi) is 4.55. The molecule has 2 rings (SSSR count). The number of hydrogen-bond donors (Lipinski definition) is 1. The van der Waals surface area contributed by atoms with Crippen LogP contribution in [0.25, 0.3) is 11.3 Å². The Labute approximate surface area is 114 Å². The van der Waals surface area contributed by atoms with Crippen molar-refractivity contribution in [2.24, 2.45) is 0 Å². The van der Waals surface area contributed by atoms with Gasteiger partial charge >= 0.3 is 0 Å². The molecule has 0 saturated carbocycles. The number of rotatable bonds is 5. The molecule has 0 saturated heterocycles. The zero-order valence-electron chi connectivity index (χ0n) is 10.9. The van der Waals surface area contributed by atoms with Gasteiger partial charge in [-0.2, -0.15) is 0 Å². The lowest BCUT2D eigenvalue weighted by atomic mass is 10.1. The van der Waals surface area contributed by atoms with Crippen molar-refractivity contribution < 1.29 is 13.2 Å². The van der Waals surface area contributed by atoms with E-state index in [4.69, 9.17) is 0 Å². The topological polar surface area (TPSA) is 37.8 Å². The second-order valence-corrected chi connectivity index (χ2v) is 4.24. The summed E-state index contributed by atoms with van der Waals surface area (Å²) in [6, 6.07) is 6.74. The molecule has 0 aliphatic rings. The van der Waals surface area contributed by atoms with Crippen molar-refractivity contribution in [2.75, 3.05) is 11.9 Å². The van der Waals surface area contributed by atoms with Crippen molar-refractivity contribution in [1.82, 2.24) is 9.97 Å². The Hall–Kier alpha value is -2.11. The molecule has 6 heteroatoms. The summed E-state index contributed by atoms with van der Waals surface area (Å²) in [5.74, 6) is -0.231. The number of nitrogens with zero attached hydrogens (tertiary/aromatic N) is 2. The summed E-state index contributed by atoms with van der Waals surface area (Å²) in [4.78, 5) is 7.94. The van der Waals surface area contributed by atoms with E-state index in [-0.39, 0.29) is 17.5 Å². The molecule has 1 N–H and O–H groups in total. The molecule has 0 amide bonds. The van der Waals surface area contributed by atoms with Gasteiger partial charge in [-0.3, -0.25) is 0 Å². The van der Waals surface area contributed by atoms with Crippen LogP contribution in [0.5, 0.6) is 0 Å². The molecular weight excluding hydrogens is 267 g/mol. The van der Waals surface area contributed by atoms with Gasteiger partial charge in [0.1, 0.15) is 11.5 Å². The van der Waals surface area contributed by atoms with Crippen LogP contribution < -0.4 is 5.32 Å². The maximum absolute atomic E-state index is 12.9. The number of alkyl halides is 2. The molecule has 0 aliphatic carbocycles. The summed E-state index contributed by atoms with van der Waals surface area (Å²) < 4.78 is 38.6. The number of nitrogens with one attached hydrogen (secondary N) is 1. The van der Waals surface area contributed by atoms with Crippen LogP contribution in [0, 0.1) is 5.82 Å². The first-order valence-corrected chi connectivity index (χ1v) is 6.27. The van der Waals surface area contributed by atoms with Gasteiger partial charge in [0.25, 0.3) is 6.43 Å². The van der Waals surface area contributed by atoms with Gasteiger partial charge in [0.2, 0.25) is 5.95 Å². The Balaban J connectivity index is 2.40. The third-order valence-electron chi connectivity index (χ3n) is 2.64. The monoisotopic (exact) mass is 281 g/mol. The highest BCUT2D eigenvalue weighted by atomic mass is 19.3. The molecule has 1 heterocycles. The average molecular weight is 281 g/mol. The van der Waals surface area contributed by atoms with E-state index < -0.39 is 6.43 Å². The van der Waals surface area contributed by atoms with E-state index in [1.807, 2.05) is 6.92 Å². The fraction of sp³-hybridized carbons (Fsp3) is 0.286. The molecular formula is C14H14F3N3. The van der Waals surface area contributed by atoms with E-state index in [1.165, 1.54) is 30.3 Å². The summed E-state index contributed by atoms with van der Waals surface area (Å²) in [7, 11) is 0. The minimum atomic E-state index is -2.68. The van der Waals surface area contributed by atoms with E-state index in [0.717, 1.165) is 6.42 Å². The zero-order chi connectivity index (χ0) is 14.5. The number of aromatic nitrogens is 2. The fourth-order valence-electron chi connectivity index (χ4n) is 1.66. The Morgan fingerprint density at radius 3 is 2.45 bits per heavy atom. The van der Waals surface area contributed by atoms with E-state index in [2.05, 4.69) is 15.3 Å². The largest absolute Gasteiger partial charge is 0.354 e. The molecule has 0 unspecified atom stereocenters. The van der Waals surface area contributed by atoms with Gasteiger partial charge in [0, 0.05) is 12.1 Å². The van der Waals surface area contributed by atoms with Crippen LogP contribution in [-0.2, 0) is 0 Å². The molecule has 2 aromatic rings. The predicted octanol–water partition coefficient (Wildman–Crippen LogP) is 4.04. The molecule has 20 heavy (non-hydrogen) atoms. The minimum absolute atomic E-state index is 0.156. The van der Waals surface area contributed by atoms with Crippen molar-refractivity contribution in [2.45, 2.75) is 19.8 Å². The van der Waals surface area contributed by atoms with Crippen LogP contribution in [-0.4, -0.2) is 16.5 Å². The van der Waals surface area contributed by atoms with Crippen LogP contribution in [0.1, 0.15) is 25.5 Å². The van der Waals surface area contributed by atoms with Gasteiger partial charge < -0.3 is 5.32 Å². The Morgan fingerprint density at radius 1 is 1.15 bits per heavy atom. The van der Waals surface area contributed by atoms with Gasteiger partial charge in [-0.1, -0.05) is 6.92 Å². The Morgan fingerprint density at radius 2 is 1.85 bits per heavy atom. The van der Waals surface area contributed by atoms with Gasteiger partial charge in [-0.05, 0) is 36.8 Å². The SMILES string of the molecule is CCCNc1nc(-c2ccc(F)cc2)cc(C(F)F)n1. The van der Waals surface area contributed by atoms with Crippen LogP contribution in [0.15, 0.2) is 30.3 Å². The summed E-state index contributed by atoms with van der Waals surface area (Å²) in [6.07, 6.45) is -1.85. The number of hydrogen-bond acceptors (Lipinski definition) is 3. The molecule has 0 radical (unpaired) electrons. The molecule has 0 aliphatic heterocycles. The van der Waals surface area contributed by atoms with Crippen molar-refractivity contribution in [3.8, 4) is 11.3 Å². The highest BCUT2D eigenvalue weighted by molar-refractivity contribution is 5.60. The molecule has 0 atom stereocenters. The summed E-state index contributed by atoms with van der Waals surface area (Å²) in [5, 5.41) is 2.88. The first-order valence-electron chi connectivity index (χ1n) is 6.27. The van der Waals surface area contributed by atoms with Crippen LogP contribution in [0.2, 0.25) is 0 Å². The van der Waals surface area contributed by atoms with Crippen LogP contribution in [0.3, 0.4) is 0 Å². The molecule has 0 fully saturated rings. The number of benzene rings is 1. The maximum atomic E-state index is 12.9. The van der Waals surface area contributed by atoms with Crippen molar-refractivity contribution in [3.05, 3.63) is 41.8 Å². The van der Waals surface area contributed by atoms with Crippen molar-refractivity contribution in [3.63, 3.8) is 0 Å². The summed E-state index contributed by atoms with van der Waals surface area (Å²) in [6.45, 7) is 2.54. The van der Waals surface area contributed by atoms with Crippen molar-refractivity contribution in [1.29, 1.82) is 0 Å². The average Bonchev–Trinajstić information content (AvgIpc) is 2.45. The normalized spacial score (nSPS) is 10.8. The van der Waals surface area contributed by atoms with Gasteiger partial charge in [-0.15, -0.1) is 0 Å². The van der Waals surface area contributed by atoms with E-state index in [9.17, 15) is 13.2 Å². The van der Waals surface area contributed by atoms with Gasteiger partial charge in [0.05, 0.1) is 5.69 Å². The fourth-order valence-corrected chi connectivity index (χ4v) is 1.66. The lowest BCUT2D eigenvalue weighted by Gasteiger charge is -2.09. The van der Waals surface area contributed by atoms with E-state index >= 15 is 0 Å². The highest BCUT2D eigenvalue weighted by Crippen LogP contribution is 2.24. The minimum Gasteiger partial charge on any atom is -0.354 e. The molecule has 1 aromatic carbocycles. The highest BCUT2D eigenvalue weighted by Gasteiger charge is 2.14. The molecule has 3 nitrogen and oxygen atoms in total. The molecule has 0 spiro atoms. The number of anilines is 1. The van der Waals surface area contributed by atoms with Gasteiger partial charge in [0.15, 0.2) is 0 Å². The summed E-state index contributed by atoms with van der Waals surface area (Å²) in [5.41, 5.74) is 0.557. The third kappa shape index (κ3) is 3.46. The summed E-state index contributed by atoms with van der Waals surface area (Å²) >= 11 is 0. The smallest absolute Gasteiger partial charge is 0.280 e. The quantitative estimate of drug-likeness (QED) is 0.898. The van der Waals surface area contributed by atoms with E-state index in [1.54, 1.807) is 0 Å². The lowest BCUT2D eigenvalue weighted by molar-refractivity contribution is 0.146. The third-order valence-corrected chi connectivity index (χ3v) is 2.64. The first kappa shape index (κ1) is 14.3. The second-order valence-electron chi connectivity index (χ2n) is 4.24. The second kappa shape index (κ2) is 6.36. The molecule has 1 aromatic heterocycles. The predicted molar refractivity (Wildman–Crippen MR) is 71.2 cm³/mol. The first-order chi connectivity index (χ1) is 9.60. The van der Waals surface area contributed by atoms with Crippen LogP contribution in [0.4, 0.5) is 19.1 Å². The van der Waals surface area contributed by atoms with Crippen LogP contribution >= 0.6 is 0 Å². The maximum Gasteiger partial charge on any atom is 0.280 e. The van der Waals surface area contributed by atoms with E-state index in [0.29, 0.717) is 17.8 Å².